The van der Waals surface area contributed by atoms with Gasteiger partial charge in [0.1, 0.15) is 11.6 Å². The lowest BCUT2D eigenvalue weighted by Gasteiger charge is -2.38. The van der Waals surface area contributed by atoms with Crippen LogP contribution in [0.5, 0.6) is 0 Å². The van der Waals surface area contributed by atoms with Crippen molar-refractivity contribution in [2.75, 3.05) is 42.5 Å². The van der Waals surface area contributed by atoms with E-state index in [0.717, 1.165) is 32.0 Å². The second kappa shape index (κ2) is 5.44. The van der Waals surface area contributed by atoms with Crippen molar-refractivity contribution < 1.29 is 0 Å². The number of aromatic nitrogens is 1. The smallest absolute Gasteiger partial charge is 0.149 e. The minimum Gasteiger partial charge on any atom is -0.396 e. The van der Waals surface area contributed by atoms with Gasteiger partial charge < -0.3 is 16.4 Å². The molecule has 2 rings (SSSR count). The Kier molecular flexibility index (Phi) is 3.91. The lowest BCUT2D eigenvalue weighted by molar-refractivity contribution is 0.192. The molecule has 1 saturated heterocycles. The van der Waals surface area contributed by atoms with Crippen molar-refractivity contribution in [3.05, 3.63) is 12.1 Å². The first kappa shape index (κ1) is 13.0. The second-order valence-corrected chi connectivity index (χ2v) is 4.92. The van der Waals surface area contributed by atoms with Crippen molar-refractivity contribution in [2.45, 2.75) is 26.3 Å². The lowest BCUT2D eigenvalue weighted by atomic mass is 10.2. The van der Waals surface area contributed by atoms with Gasteiger partial charge in [-0.2, -0.15) is 0 Å². The highest BCUT2D eigenvalue weighted by Gasteiger charge is 2.21. The molecule has 1 unspecified atom stereocenters. The molecule has 100 valence electrons. The van der Waals surface area contributed by atoms with Crippen LogP contribution in [-0.4, -0.2) is 42.1 Å². The molecule has 0 spiro atoms. The van der Waals surface area contributed by atoms with Crippen LogP contribution in [0.15, 0.2) is 12.1 Å². The minimum atomic E-state index is 0.428. The zero-order chi connectivity index (χ0) is 13.1. The molecule has 5 heteroatoms. The number of nitrogen functional groups attached to an aromatic ring is 2. The van der Waals surface area contributed by atoms with E-state index >= 15 is 0 Å². The maximum atomic E-state index is 5.75. The zero-order valence-corrected chi connectivity index (χ0v) is 11.3. The number of rotatable bonds is 3. The highest BCUT2D eigenvalue weighted by atomic mass is 15.3. The van der Waals surface area contributed by atoms with E-state index in [9.17, 15) is 0 Å². The van der Waals surface area contributed by atoms with Crippen LogP contribution in [0.2, 0.25) is 0 Å². The number of nitrogens with zero attached hydrogens (tertiary/aromatic N) is 3. The van der Waals surface area contributed by atoms with Crippen LogP contribution < -0.4 is 16.4 Å². The molecule has 2 heterocycles. The van der Waals surface area contributed by atoms with Crippen molar-refractivity contribution in [3.63, 3.8) is 0 Å². The summed E-state index contributed by atoms with van der Waals surface area (Å²) >= 11 is 0. The van der Waals surface area contributed by atoms with Crippen molar-refractivity contribution >= 4 is 17.3 Å². The molecule has 0 aliphatic carbocycles. The van der Waals surface area contributed by atoms with Crippen molar-refractivity contribution in [1.82, 2.24) is 9.88 Å². The molecule has 0 aromatic carbocycles. The quantitative estimate of drug-likeness (QED) is 0.841. The van der Waals surface area contributed by atoms with Crippen LogP contribution in [0.4, 0.5) is 17.3 Å². The number of anilines is 3. The molecule has 1 fully saturated rings. The van der Waals surface area contributed by atoms with Gasteiger partial charge in [-0.15, -0.1) is 0 Å². The molecule has 1 aromatic heterocycles. The Morgan fingerprint density at radius 1 is 1.22 bits per heavy atom. The average Bonchev–Trinajstić information content (AvgIpc) is 2.41. The molecule has 1 aromatic rings. The average molecular weight is 249 g/mol. The van der Waals surface area contributed by atoms with Gasteiger partial charge >= 0.3 is 0 Å². The molecule has 1 aliphatic heterocycles. The van der Waals surface area contributed by atoms with Gasteiger partial charge in [0.05, 0.1) is 5.69 Å². The Balaban J connectivity index is 1.99. The Morgan fingerprint density at radius 2 is 1.89 bits per heavy atom. The van der Waals surface area contributed by atoms with E-state index in [1.54, 1.807) is 0 Å². The SMILES string of the molecule is CCC(C)N1CCN(c2ccc(N)c(N)n2)CC1. The summed E-state index contributed by atoms with van der Waals surface area (Å²) < 4.78 is 0. The number of pyridine rings is 1. The first-order chi connectivity index (χ1) is 8.61. The summed E-state index contributed by atoms with van der Waals surface area (Å²) in [5.41, 5.74) is 12.0. The Hall–Kier alpha value is -1.49. The summed E-state index contributed by atoms with van der Waals surface area (Å²) in [5.74, 6) is 1.36. The highest BCUT2D eigenvalue weighted by Crippen LogP contribution is 2.20. The molecule has 1 atom stereocenters. The van der Waals surface area contributed by atoms with Crippen LogP contribution in [0.3, 0.4) is 0 Å². The van der Waals surface area contributed by atoms with Crippen molar-refractivity contribution in [1.29, 1.82) is 0 Å². The van der Waals surface area contributed by atoms with Crippen LogP contribution >= 0.6 is 0 Å². The van der Waals surface area contributed by atoms with Gasteiger partial charge in [-0.1, -0.05) is 6.92 Å². The Bertz CT molecular complexity index is 398. The summed E-state index contributed by atoms with van der Waals surface area (Å²) in [5, 5.41) is 0. The van der Waals surface area contributed by atoms with Gasteiger partial charge in [-0.3, -0.25) is 4.90 Å². The fourth-order valence-electron chi connectivity index (χ4n) is 2.30. The number of hydrogen-bond donors (Lipinski definition) is 2. The minimum absolute atomic E-state index is 0.428. The lowest BCUT2D eigenvalue weighted by Crippen LogP contribution is -2.49. The topological polar surface area (TPSA) is 71.4 Å². The Labute approximate surface area is 109 Å². The maximum absolute atomic E-state index is 5.75. The molecule has 0 radical (unpaired) electrons. The molecular weight excluding hydrogens is 226 g/mol. The molecule has 0 amide bonds. The van der Waals surface area contributed by atoms with Crippen LogP contribution in [0.25, 0.3) is 0 Å². The summed E-state index contributed by atoms with van der Waals surface area (Å²) in [4.78, 5) is 9.14. The zero-order valence-electron chi connectivity index (χ0n) is 11.3. The third kappa shape index (κ3) is 2.67. The van der Waals surface area contributed by atoms with Crippen LogP contribution in [-0.2, 0) is 0 Å². The first-order valence-electron chi connectivity index (χ1n) is 6.62. The van der Waals surface area contributed by atoms with E-state index < -0.39 is 0 Å². The number of piperazine rings is 1. The van der Waals surface area contributed by atoms with E-state index in [1.807, 2.05) is 12.1 Å². The third-order valence-electron chi connectivity index (χ3n) is 3.80. The van der Waals surface area contributed by atoms with E-state index in [2.05, 4.69) is 28.6 Å². The third-order valence-corrected chi connectivity index (χ3v) is 3.80. The molecule has 0 saturated carbocycles. The molecule has 1 aliphatic rings. The molecule has 4 N–H and O–H groups in total. The van der Waals surface area contributed by atoms with Gasteiger partial charge in [0.25, 0.3) is 0 Å². The van der Waals surface area contributed by atoms with E-state index in [4.69, 9.17) is 11.5 Å². The van der Waals surface area contributed by atoms with E-state index in [1.165, 1.54) is 6.42 Å². The van der Waals surface area contributed by atoms with Crippen molar-refractivity contribution in [3.8, 4) is 0 Å². The molecule has 5 nitrogen and oxygen atoms in total. The van der Waals surface area contributed by atoms with E-state index in [0.29, 0.717) is 17.5 Å². The number of nitrogens with two attached hydrogens (primary N) is 2. The Morgan fingerprint density at radius 3 is 2.44 bits per heavy atom. The summed E-state index contributed by atoms with van der Waals surface area (Å²) in [6.07, 6.45) is 1.20. The predicted molar refractivity (Wildman–Crippen MR) is 76.6 cm³/mol. The molecule has 18 heavy (non-hydrogen) atoms. The molecule has 0 bridgehead atoms. The van der Waals surface area contributed by atoms with Gasteiger partial charge in [0, 0.05) is 32.2 Å². The summed E-state index contributed by atoms with van der Waals surface area (Å²) in [6.45, 7) is 8.69. The summed E-state index contributed by atoms with van der Waals surface area (Å²) in [6, 6.07) is 4.44. The highest BCUT2D eigenvalue weighted by molar-refractivity contribution is 5.62. The van der Waals surface area contributed by atoms with E-state index in [-0.39, 0.29) is 0 Å². The summed E-state index contributed by atoms with van der Waals surface area (Å²) in [7, 11) is 0. The second-order valence-electron chi connectivity index (χ2n) is 4.92. The van der Waals surface area contributed by atoms with Gasteiger partial charge in [0.2, 0.25) is 0 Å². The predicted octanol–water partition coefficient (Wildman–Crippen LogP) is 1.17. The largest absolute Gasteiger partial charge is 0.396 e. The van der Waals surface area contributed by atoms with Gasteiger partial charge in [0.15, 0.2) is 0 Å². The van der Waals surface area contributed by atoms with Crippen molar-refractivity contribution in [2.24, 2.45) is 0 Å². The van der Waals surface area contributed by atoms with Crippen LogP contribution in [0.1, 0.15) is 20.3 Å². The normalized spacial score (nSPS) is 18.9. The van der Waals surface area contributed by atoms with Gasteiger partial charge in [-0.25, -0.2) is 4.98 Å². The van der Waals surface area contributed by atoms with Gasteiger partial charge in [-0.05, 0) is 25.5 Å². The van der Waals surface area contributed by atoms with Crippen LogP contribution in [0, 0.1) is 0 Å². The monoisotopic (exact) mass is 249 g/mol. The molecular formula is C13H23N5. The first-order valence-corrected chi connectivity index (χ1v) is 6.62. The maximum Gasteiger partial charge on any atom is 0.149 e. The fraction of sp³-hybridized carbons (Fsp3) is 0.615. The standard InChI is InChI=1S/C13H23N5/c1-3-10(2)17-6-8-18(9-7-17)12-5-4-11(14)13(15)16-12/h4-5,10H,3,6-9,14H2,1-2H3,(H2,15,16). The fourth-order valence-corrected chi connectivity index (χ4v) is 2.30. The number of hydrogen-bond acceptors (Lipinski definition) is 5.